The van der Waals surface area contributed by atoms with Crippen LogP contribution in [0.25, 0.3) is 11.1 Å². The van der Waals surface area contributed by atoms with E-state index in [1.807, 2.05) is 12.3 Å². The third-order valence-corrected chi connectivity index (χ3v) is 8.07. The summed E-state index contributed by atoms with van der Waals surface area (Å²) in [5.74, 6) is -1.50. The van der Waals surface area contributed by atoms with E-state index in [0.29, 0.717) is 26.7 Å². The number of hydrogen-bond acceptors (Lipinski definition) is 7. The second-order valence-corrected chi connectivity index (χ2v) is 10.5. The van der Waals surface area contributed by atoms with Crippen molar-refractivity contribution in [3.63, 3.8) is 0 Å². The van der Waals surface area contributed by atoms with Crippen LogP contribution in [0.3, 0.4) is 0 Å². The van der Waals surface area contributed by atoms with Crippen molar-refractivity contribution in [1.82, 2.24) is 19.6 Å². The number of hydrogen-bond donors (Lipinski definition) is 0. The molecule has 1 fully saturated rings. The molecule has 3 aromatic rings. The molecule has 198 valence electrons. The minimum Gasteiger partial charge on any atom is -0.490 e. The normalized spacial score (nSPS) is 22.8. The molecule has 2 aliphatic heterocycles. The summed E-state index contributed by atoms with van der Waals surface area (Å²) in [5.41, 5.74) is 1.48. The average Bonchev–Trinajstić information content (AvgIpc) is 3.61. The number of carbonyl (C=O) groups excluding carboxylic acids is 3. The number of alkyl halides is 3. The van der Waals surface area contributed by atoms with E-state index in [4.69, 9.17) is 9.47 Å². The van der Waals surface area contributed by atoms with Gasteiger partial charge in [-0.05, 0) is 29.0 Å². The zero-order valence-corrected chi connectivity index (χ0v) is 20.8. The summed E-state index contributed by atoms with van der Waals surface area (Å²) in [6.07, 6.45) is -1.64. The number of amides is 3. The standard InChI is InChI=1S/C25H21F3N4O5S/c1-30-10-16(9-29-30)14-2-3-17-15(8-14)4-6-24(17)22(34)32(23(35)37-24)12-21(33)31-11-19-18(5-7-38-19)36-13-20(31)25(26,27)28/h2-3,5,7-10,20H,4,6,11-13H2,1H3/t20-,24?/m0/s1. The number of carbonyl (C=O) groups is 3. The smallest absolute Gasteiger partial charge is 0.418 e. The molecular formula is C25H21F3N4O5S. The van der Waals surface area contributed by atoms with Crippen LogP contribution in [0.5, 0.6) is 5.75 Å². The van der Waals surface area contributed by atoms with Crippen molar-refractivity contribution >= 4 is 29.2 Å². The minimum absolute atomic E-state index is 0.176. The molecule has 0 saturated carbocycles. The molecule has 13 heteroatoms. The van der Waals surface area contributed by atoms with Gasteiger partial charge in [0.05, 0.1) is 17.6 Å². The Labute approximate surface area is 218 Å². The minimum atomic E-state index is -4.77. The first-order valence-electron chi connectivity index (χ1n) is 11.8. The number of aromatic nitrogens is 2. The molecule has 1 unspecified atom stereocenters. The van der Waals surface area contributed by atoms with Gasteiger partial charge in [-0.15, -0.1) is 11.3 Å². The fourth-order valence-corrected chi connectivity index (χ4v) is 6.07. The van der Waals surface area contributed by atoms with Gasteiger partial charge >= 0.3 is 12.3 Å². The summed E-state index contributed by atoms with van der Waals surface area (Å²) < 4.78 is 54.1. The van der Waals surface area contributed by atoms with Crippen LogP contribution in [-0.4, -0.2) is 62.9 Å². The zero-order chi connectivity index (χ0) is 26.8. The first-order valence-corrected chi connectivity index (χ1v) is 12.7. The van der Waals surface area contributed by atoms with Crippen molar-refractivity contribution in [2.24, 2.45) is 7.05 Å². The first-order chi connectivity index (χ1) is 18.1. The molecule has 3 amide bonds. The van der Waals surface area contributed by atoms with Crippen molar-refractivity contribution in [3.05, 3.63) is 58.0 Å². The first kappa shape index (κ1) is 24.5. The van der Waals surface area contributed by atoms with Gasteiger partial charge in [-0.3, -0.25) is 14.3 Å². The molecule has 1 aromatic carbocycles. The van der Waals surface area contributed by atoms with Crippen LogP contribution in [0.4, 0.5) is 18.0 Å². The second kappa shape index (κ2) is 8.58. The Bertz CT molecular complexity index is 1470. The predicted molar refractivity (Wildman–Crippen MR) is 127 cm³/mol. The number of benzene rings is 1. The molecule has 9 nitrogen and oxygen atoms in total. The van der Waals surface area contributed by atoms with E-state index in [-0.39, 0.29) is 18.7 Å². The van der Waals surface area contributed by atoms with Crippen molar-refractivity contribution < 1.29 is 37.0 Å². The lowest BCUT2D eigenvalue weighted by Gasteiger charge is -2.31. The molecule has 2 aromatic heterocycles. The van der Waals surface area contributed by atoms with Gasteiger partial charge in [-0.25, -0.2) is 9.69 Å². The Kier molecular flexibility index (Phi) is 5.53. The summed E-state index contributed by atoms with van der Waals surface area (Å²) in [6.45, 7) is -2.00. The Morgan fingerprint density at radius 1 is 1.24 bits per heavy atom. The number of thiophene rings is 1. The van der Waals surface area contributed by atoms with Gasteiger partial charge in [0.2, 0.25) is 11.5 Å². The van der Waals surface area contributed by atoms with E-state index in [1.54, 1.807) is 41.5 Å². The maximum Gasteiger partial charge on any atom is 0.418 e. The highest BCUT2D eigenvalue weighted by Crippen LogP contribution is 2.46. The number of imide groups is 1. The lowest BCUT2D eigenvalue weighted by Crippen LogP contribution is -2.53. The lowest BCUT2D eigenvalue weighted by atomic mass is 9.93. The van der Waals surface area contributed by atoms with Gasteiger partial charge in [0.1, 0.15) is 18.9 Å². The van der Waals surface area contributed by atoms with E-state index >= 15 is 0 Å². The van der Waals surface area contributed by atoms with Crippen LogP contribution >= 0.6 is 11.3 Å². The van der Waals surface area contributed by atoms with Gasteiger partial charge in [0.25, 0.3) is 5.91 Å². The molecule has 6 rings (SSSR count). The maximum atomic E-state index is 13.8. The Hall–Kier alpha value is -3.87. The second-order valence-electron chi connectivity index (χ2n) is 9.46. The number of rotatable bonds is 3. The molecule has 2 atom stereocenters. The predicted octanol–water partition coefficient (Wildman–Crippen LogP) is 3.62. The van der Waals surface area contributed by atoms with Crippen molar-refractivity contribution in [3.8, 4) is 16.9 Å². The highest BCUT2D eigenvalue weighted by molar-refractivity contribution is 7.10. The average molecular weight is 547 g/mol. The van der Waals surface area contributed by atoms with Crippen LogP contribution in [0.15, 0.2) is 42.0 Å². The molecule has 1 aliphatic carbocycles. The van der Waals surface area contributed by atoms with E-state index in [0.717, 1.165) is 28.0 Å². The highest BCUT2D eigenvalue weighted by Gasteiger charge is 2.59. The van der Waals surface area contributed by atoms with Crippen LogP contribution in [0.1, 0.15) is 22.4 Å². The van der Waals surface area contributed by atoms with Gasteiger partial charge in [0, 0.05) is 30.8 Å². The number of halogens is 3. The summed E-state index contributed by atoms with van der Waals surface area (Å²) in [6, 6.07) is 4.73. The summed E-state index contributed by atoms with van der Waals surface area (Å²) >= 11 is 1.16. The van der Waals surface area contributed by atoms with Gasteiger partial charge in [-0.2, -0.15) is 18.3 Å². The van der Waals surface area contributed by atoms with Gasteiger partial charge in [-0.1, -0.05) is 18.2 Å². The van der Waals surface area contributed by atoms with Crippen molar-refractivity contribution in [2.45, 2.75) is 37.2 Å². The molecule has 0 bridgehead atoms. The van der Waals surface area contributed by atoms with Gasteiger partial charge in [0.15, 0.2) is 6.04 Å². The quantitative estimate of drug-likeness (QED) is 0.498. The van der Waals surface area contributed by atoms with Crippen LogP contribution in [0.2, 0.25) is 0 Å². The van der Waals surface area contributed by atoms with E-state index < -0.39 is 48.9 Å². The number of aryl methyl sites for hydroxylation is 2. The van der Waals surface area contributed by atoms with Crippen LogP contribution < -0.4 is 4.74 Å². The van der Waals surface area contributed by atoms with Gasteiger partial charge < -0.3 is 14.4 Å². The molecule has 1 spiro atoms. The van der Waals surface area contributed by atoms with Crippen molar-refractivity contribution in [1.29, 1.82) is 0 Å². The monoisotopic (exact) mass is 546 g/mol. The largest absolute Gasteiger partial charge is 0.490 e. The molecule has 0 radical (unpaired) electrons. The molecule has 38 heavy (non-hydrogen) atoms. The fourth-order valence-electron chi connectivity index (χ4n) is 5.26. The summed E-state index contributed by atoms with van der Waals surface area (Å²) in [7, 11) is 1.80. The topological polar surface area (TPSA) is 94.0 Å². The zero-order valence-electron chi connectivity index (χ0n) is 20.0. The lowest BCUT2D eigenvalue weighted by molar-refractivity contribution is -0.195. The maximum absolute atomic E-state index is 13.8. The molecule has 1 saturated heterocycles. The number of ether oxygens (including phenoxy) is 2. The van der Waals surface area contributed by atoms with E-state index in [2.05, 4.69) is 5.10 Å². The number of fused-ring (bicyclic) bond motifs is 3. The molecular weight excluding hydrogens is 525 g/mol. The molecule has 4 heterocycles. The molecule has 3 aliphatic rings. The Morgan fingerprint density at radius 3 is 2.79 bits per heavy atom. The Balaban J connectivity index is 1.26. The van der Waals surface area contributed by atoms with Crippen LogP contribution in [-0.2, 0) is 39.9 Å². The fraction of sp³-hybridized carbons (Fsp3) is 0.360. The summed E-state index contributed by atoms with van der Waals surface area (Å²) in [5, 5.41) is 5.82. The Morgan fingerprint density at radius 2 is 2.05 bits per heavy atom. The third-order valence-electron chi connectivity index (χ3n) is 7.18. The van der Waals surface area contributed by atoms with E-state index in [9.17, 15) is 27.6 Å². The molecule has 0 N–H and O–H groups in total. The van der Waals surface area contributed by atoms with Crippen molar-refractivity contribution in [2.75, 3.05) is 13.2 Å². The SMILES string of the molecule is Cn1cc(-c2ccc3c(c2)CCC32OC(=O)N(CC(=O)N3Cc4sccc4OC[C@H]3C(F)(F)F)C2=O)cn1. The third kappa shape index (κ3) is 3.83. The number of nitrogens with zero attached hydrogens (tertiary/aromatic N) is 4. The highest BCUT2D eigenvalue weighted by atomic mass is 32.1. The van der Waals surface area contributed by atoms with Crippen LogP contribution in [0, 0.1) is 0 Å². The summed E-state index contributed by atoms with van der Waals surface area (Å²) in [4.78, 5) is 41.2. The van der Waals surface area contributed by atoms with E-state index in [1.165, 1.54) is 0 Å².